The average Bonchev–Trinajstić information content (AvgIpc) is 2.68. The number of anilines is 1. The van der Waals surface area contributed by atoms with Crippen LogP contribution in [0.1, 0.15) is 21.6 Å². The molecule has 0 aliphatic rings. The summed E-state index contributed by atoms with van der Waals surface area (Å²) in [5.41, 5.74) is 17.9. The van der Waals surface area contributed by atoms with E-state index in [1.807, 2.05) is 56.3 Å². The van der Waals surface area contributed by atoms with E-state index in [1.54, 1.807) is 12.4 Å². The fraction of sp³-hybridized carbons (Fsp3) is 0.0909. The van der Waals surface area contributed by atoms with E-state index >= 15 is 0 Å². The van der Waals surface area contributed by atoms with E-state index in [0.29, 0.717) is 5.69 Å². The van der Waals surface area contributed by atoms with Gasteiger partial charge in [0, 0.05) is 22.2 Å². The van der Waals surface area contributed by atoms with Crippen molar-refractivity contribution in [1.82, 2.24) is 15.0 Å². The van der Waals surface area contributed by atoms with Gasteiger partial charge < -0.3 is 11.5 Å². The Morgan fingerprint density at radius 2 is 1.64 bits per heavy atom. The maximum atomic E-state index is 11.8. The van der Waals surface area contributed by atoms with Crippen LogP contribution in [0, 0.1) is 13.8 Å². The number of hydrogen-bond donors (Lipinski definition) is 2. The van der Waals surface area contributed by atoms with Crippen LogP contribution in [0.15, 0.2) is 54.9 Å². The molecule has 0 radical (unpaired) electrons. The van der Waals surface area contributed by atoms with E-state index in [0.717, 1.165) is 38.9 Å². The van der Waals surface area contributed by atoms with Crippen LogP contribution in [-0.2, 0) is 0 Å². The zero-order chi connectivity index (χ0) is 19.8. The third-order valence-corrected chi connectivity index (χ3v) is 4.79. The van der Waals surface area contributed by atoms with Crippen molar-refractivity contribution in [2.75, 3.05) is 5.73 Å². The van der Waals surface area contributed by atoms with Crippen LogP contribution in [0.3, 0.4) is 0 Å². The number of nitrogen functional groups attached to an aromatic ring is 1. The number of aryl methyl sites for hydroxylation is 2. The summed E-state index contributed by atoms with van der Waals surface area (Å²) in [6.07, 6.45) is 1.55. The summed E-state index contributed by atoms with van der Waals surface area (Å²) >= 11 is 0. The van der Waals surface area contributed by atoms with Crippen molar-refractivity contribution >= 4 is 22.6 Å². The summed E-state index contributed by atoms with van der Waals surface area (Å²) in [7, 11) is 0. The maximum absolute atomic E-state index is 11.8. The van der Waals surface area contributed by atoms with Gasteiger partial charge in [0.2, 0.25) is 0 Å². The molecule has 0 unspecified atom stereocenters. The van der Waals surface area contributed by atoms with Crippen LogP contribution >= 0.6 is 0 Å². The van der Waals surface area contributed by atoms with Crippen LogP contribution in [0.5, 0.6) is 0 Å². The second kappa shape index (κ2) is 6.74. The number of hydrogen-bond acceptors (Lipinski definition) is 5. The van der Waals surface area contributed by atoms with Gasteiger partial charge in [-0.3, -0.25) is 4.79 Å². The van der Waals surface area contributed by atoms with Gasteiger partial charge in [0.05, 0.1) is 16.8 Å². The summed E-state index contributed by atoms with van der Waals surface area (Å²) in [6.45, 7) is 3.96. The fourth-order valence-electron chi connectivity index (χ4n) is 3.23. The number of carbonyl (C=O) groups excluding carboxylic acids is 1. The molecule has 0 spiro atoms. The quantitative estimate of drug-likeness (QED) is 0.573. The number of amides is 1. The Kier molecular flexibility index (Phi) is 4.24. The molecule has 2 aromatic carbocycles. The normalized spacial score (nSPS) is 10.9. The third kappa shape index (κ3) is 3.05. The first-order valence-corrected chi connectivity index (χ1v) is 8.83. The first kappa shape index (κ1) is 17.6. The smallest absolute Gasteiger partial charge is 0.252 e. The van der Waals surface area contributed by atoms with Crippen molar-refractivity contribution < 1.29 is 4.79 Å². The summed E-state index contributed by atoms with van der Waals surface area (Å²) in [6, 6.07) is 15.6. The molecule has 138 valence electrons. The minimum absolute atomic E-state index is 0.118. The van der Waals surface area contributed by atoms with Crippen LogP contribution < -0.4 is 11.5 Å². The molecular weight excluding hydrogens is 350 g/mol. The predicted octanol–water partition coefficient (Wildman–Crippen LogP) is 3.66. The number of nitrogens with two attached hydrogens (primary N) is 2. The van der Waals surface area contributed by atoms with Gasteiger partial charge in [-0.25, -0.2) is 15.0 Å². The number of benzene rings is 2. The minimum Gasteiger partial charge on any atom is -0.383 e. The summed E-state index contributed by atoms with van der Waals surface area (Å²) < 4.78 is 0. The van der Waals surface area contributed by atoms with Crippen molar-refractivity contribution in [2.24, 2.45) is 5.73 Å². The van der Waals surface area contributed by atoms with Crippen molar-refractivity contribution in [3.8, 4) is 22.4 Å². The molecule has 4 rings (SSSR count). The lowest BCUT2D eigenvalue weighted by Gasteiger charge is -2.14. The Bertz CT molecular complexity index is 1220. The van der Waals surface area contributed by atoms with Gasteiger partial charge in [-0.2, -0.15) is 0 Å². The van der Waals surface area contributed by atoms with Gasteiger partial charge in [-0.1, -0.05) is 35.9 Å². The molecule has 2 aromatic heterocycles. The molecule has 1 amide bonds. The third-order valence-electron chi connectivity index (χ3n) is 4.79. The molecule has 6 nitrogen and oxygen atoms in total. The Labute approximate surface area is 162 Å². The highest BCUT2D eigenvalue weighted by atomic mass is 16.1. The standard InChI is InChI=1S/C22H19N5O/c1-12-3-5-14(6-4-12)20-17(10-18(22(24)28)21(23)27-20)15-7-8-19-16(9-15)13(2)25-11-26-19/h3-11H,1-2H3,(H2,23,27)(H2,24,28). The molecule has 4 aromatic rings. The molecule has 0 saturated heterocycles. The Morgan fingerprint density at radius 3 is 2.36 bits per heavy atom. The number of primary amides is 1. The molecule has 0 aliphatic heterocycles. The molecule has 6 heteroatoms. The molecular formula is C22H19N5O. The molecule has 0 saturated carbocycles. The number of nitrogens with zero attached hydrogens (tertiary/aromatic N) is 3. The van der Waals surface area contributed by atoms with Crippen LogP contribution in [0.4, 0.5) is 5.82 Å². The predicted molar refractivity (Wildman–Crippen MR) is 111 cm³/mol. The maximum Gasteiger partial charge on any atom is 0.252 e. The van der Waals surface area contributed by atoms with Crippen LogP contribution in [-0.4, -0.2) is 20.9 Å². The summed E-state index contributed by atoms with van der Waals surface area (Å²) in [5.74, 6) is -0.492. The van der Waals surface area contributed by atoms with Gasteiger partial charge in [0.25, 0.3) is 5.91 Å². The lowest BCUT2D eigenvalue weighted by Crippen LogP contribution is -2.15. The van der Waals surface area contributed by atoms with Gasteiger partial charge in [-0.15, -0.1) is 0 Å². The number of carbonyl (C=O) groups is 1. The largest absolute Gasteiger partial charge is 0.383 e. The second-order valence-corrected chi connectivity index (χ2v) is 6.74. The zero-order valence-electron chi connectivity index (χ0n) is 15.6. The molecule has 4 N–H and O–H groups in total. The highest BCUT2D eigenvalue weighted by molar-refractivity contribution is 6.00. The molecule has 0 fully saturated rings. The Balaban J connectivity index is 2.01. The number of pyridine rings is 1. The Morgan fingerprint density at radius 1 is 0.929 bits per heavy atom. The minimum atomic E-state index is -0.609. The molecule has 28 heavy (non-hydrogen) atoms. The van der Waals surface area contributed by atoms with Crippen molar-refractivity contribution in [3.63, 3.8) is 0 Å². The summed E-state index contributed by atoms with van der Waals surface area (Å²) in [5, 5.41) is 0.937. The second-order valence-electron chi connectivity index (χ2n) is 6.74. The van der Waals surface area contributed by atoms with Gasteiger partial charge in [0.15, 0.2) is 0 Å². The molecule has 2 heterocycles. The van der Waals surface area contributed by atoms with E-state index in [4.69, 9.17) is 11.5 Å². The van der Waals surface area contributed by atoms with Crippen LogP contribution in [0.2, 0.25) is 0 Å². The topological polar surface area (TPSA) is 108 Å². The highest BCUT2D eigenvalue weighted by Gasteiger charge is 2.17. The van der Waals surface area contributed by atoms with E-state index in [1.165, 1.54) is 0 Å². The van der Waals surface area contributed by atoms with Crippen molar-refractivity contribution in [2.45, 2.75) is 13.8 Å². The Hall–Kier alpha value is -3.80. The molecule has 0 aliphatic carbocycles. The average molecular weight is 369 g/mol. The van der Waals surface area contributed by atoms with Crippen LogP contribution in [0.25, 0.3) is 33.3 Å². The van der Waals surface area contributed by atoms with Crippen molar-refractivity contribution in [3.05, 3.63) is 71.7 Å². The van der Waals surface area contributed by atoms with Gasteiger partial charge in [0.1, 0.15) is 12.1 Å². The fourth-order valence-corrected chi connectivity index (χ4v) is 3.23. The molecule has 0 atom stereocenters. The number of rotatable bonds is 3. The van der Waals surface area contributed by atoms with Crippen molar-refractivity contribution in [1.29, 1.82) is 0 Å². The van der Waals surface area contributed by atoms with E-state index in [2.05, 4.69) is 15.0 Å². The monoisotopic (exact) mass is 369 g/mol. The zero-order valence-corrected chi connectivity index (χ0v) is 15.6. The number of fused-ring (bicyclic) bond motifs is 1. The number of aromatic nitrogens is 3. The first-order chi connectivity index (χ1) is 13.4. The lowest BCUT2D eigenvalue weighted by molar-refractivity contribution is 0.100. The molecule has 0 bridgehead atoms. The van der Waals surface area contributed by atoms with E-state index in [-0.39, 0.29) is 11.4 Å². The van der Waals surface area contributed by atoms with E-state index in [9.17, 15) is 4.79 Å². The summed E-state index contributed by atoms with van der Waals surface area (Å²) in [4.78, 5) is 24.9. The van der Waals surface area contributed by atoms with Gasteiger partial charge >= 0.3 is 0 Å². The van der Waals surface area contributed by atoms with Gasteiger partial charge in [-0.05, 0) is 37.6 Å². The van der Waals surface area contributed by atoms with E-state index < -0.39 is 5.91 Å². The lowest BCUT2D eigenvalue weighted by atomic mass is 9.95. The highest BCUT2D eigenvalue weighted by Crippen LogP contribution is 2.34. The SMILES string of the molecule is Cc1ccc(-c2nc(N)c(C(N)=O)cc2-c2ccc3ncnc(C)c3c2)cc1. The first-order valence-electron chi connectivity index (χ1n) is 8.83.